The van der Waals surface area contributed by atoms with E-state index in [1.807, 2.05) is 18.0 Å². The highest BCUT2D eigenvalue weighted by Gasteiger charge is 2.03. The molecule has 0 radical (unpaired) electrons. The van der Waals surface area contributed by atoms with Crippen molar-refractivity contribution >= 4 is 5.69 Å². The van der Waals surface area contributed by atoms with E-state index in [-0.39, 0.29) is 0 Å². The van der Waals surface area contributed by atoms with Crippen molar-refractivity contribution in [2.75, 3.05) is 18.5 Å². The first kappa shape index (κ1) is 10.6. The third-order valence-electron chi connectivity index (χ3n) is 1.97. The molecule has 1 atom stereocenters. The Kier molecular flexibility index (Phi) is 3.49. The zero-order chi connectivity index (χ0) is 10.6. The maximum Gasteiger partial charge on any atom is 0.0931 e. The second kappa shape index (κ2) is 4.64. The third kappa shape index (κ3) is 2.48. The Morgan fingerprint density at radius 2 is 2.36 bits per heavy atom. The van der Waals surface area contributed by atoms with Gasteiger partial charge >= 0.3 is 0 Å². The van der Waals surface area contributed by atoms with Crippen LogP contribution < -0.4 is 4.90 Å². The SMILES string of the molecule is C#CCN(C)c1ccc([C@H](C)O)nc1. The molecular formula is C11H14N2O. The highest BCUT2D eigenvalue weighted by atomic mass is 16.3. The first-order valence-corrected chi connectivity index (χ1v) is 4.43. The summed E-state index contributed by atoms with van der Waals surface area (Å²) >= 11 is 0. The summed E-state index contributed by atoms with van der Waals surface area (Å²) < 4.78 is 0. The van der Waals surface area contributed by atoms with Crippen LogP contribution in [0.4, 0.5) is 5.69 Å². The van der Waals surface area contributed by atoms with Crippen molar-refractivity contribution in [3.05, 3.63) is 24.0 Å². The fourth-order valence-electron chi connectivity index (χ4n) is 1.10. The van der Waals surface area contributed by atoms with Crippen molar-refractivity contribution in [2.45, 2.75) is 13.0 Å². The van der Waals surface area contributed by atoms with E-state index in [0.717, 1.165) is 5.69 Å². The molecule has 3 nitrogen and oxygen atoms in total. The van der Waals surface area contributed by atoms with Gasteiger partial charge in [0.2, 0.25) is 0 Å². The Labute approximate surface area is 84.4 Å². The summed E-state index contributed by atoms with van der Waals surface area (Å²) in [5, 5.41) is 9.25. The van der Waals surface area contributed by atoms with Crippen molar-refractivity contribution in [3.63, 3.8) is 0 Å². The van der Waals surface area contributed by atoms with Crippen LogP contribution >= 0.6 is 0 Å². The van der Waals surface area contributed by atoms with Crippen molar-refractivity contribution in [1.29, 1.82) is 0 Å². The van der Waals surface area contributed by atoms with Gasteiger partial charge in [0.25, 0.3) is 0 Å². The quantitative estimate of drug-likeness (QED) is 0.728. The molecule has 0 aliphatic heterocycles. The molecule has 0 saturated carbocycles. The molecule has 1 aromatic heterocycles. The summed E-state index contributed by atoms with van der Waals surface area (Å²) in [7, 11) is 1.90. The number of anilines is 1. The molecule has 0 aliphatic carbocycles. The highest BCUT2D eigenvalue weighted by molar-refractivity contribution is 5.44. The molecule has 14 heavy (non-hydrogen) atoms. The molecule has 0 unspecified atom stereocenters. The number of terminal acetylenes is 1. The van der Waals surface area contributed by atoms with Gasteiger partial charge in [0, 0.05) is 7.05 Å². The fourth-order valence-corrected chi connectivity index (χ4v) is 1.10. The summed E-state index contributed by atoms with van der Waals surface area (Å²) in [5.74, 6) is 2.55. The number of aromatic nitrogens is 1. The molecule has 0 amide bonds. The molecule has 0 spiro atoms. The second-order valence-electron chi connectivity index (χ2n) is 3.18. The van der Waals surface area contributed by atoms with Crippen LogP contribution in [0.2, 0.25) is 0 Å². The molecule has 0 fully saturated rings. The first-order chi connectivity index (χ1) is 6.65. The van der Waals surface area contributed by atoms with Crippen LogP contribution in [0.5, 0.6) is 0 Å². The predicted octanol–water partition coefficient (Wildman–Crippen LogP) is 1.20. The number of hydrogen-bond acceptors (Lipinski definition) is 3. The summed E-state index contributed by atoms with van der Waals surface area (Å²) in [5.41, 5.74) is 1.62. The normalized spacial score (nSPS) is 11.9. The van der Waals surface area contributed by atoms with Gasteiger partial charge in [0.05, 0.1) is 30.2 Å². The maximum absolute atomic E-state index is 9.25. The van der Waals surface area contributed by atoms with E-state index in [4.69, 9.17) is 6.42 Å². The van der Waals surface area contributed by atoms with Crippen LogP contribution in [0.1, 0.15) is 18.7 Å². The van der Waals surface area contributed by atoms with Gasteiger partial charge in [-0.15, -0.1) is 6.42 Å². The standard InChI is InChI=1S/C11H14N2O/c1-4-7-13(3)10-5-6-11(9(2)14)12-8-10/h1,5-6,8-9,14H,7H2,2-3H3/t9-/m0/s1. The maximum atomic E-state index is 9.25. The molecule has 0 aromatic carbocycles. The number of nitrogens with zero attached hydrogens (tertiary/aromatic N) is 2. The second-order valence-corrected chi connectivity index (χ2v) is 3.18. The van der Waals surface area contributed by atoms with Gasteiger partial charge in [-0.1, -0.05) is 5.92 Å². The Balaban J connectivity index is 2.78. The molecule has 3 heteroatoms. The molecule has 1 aromatic rings. The van der Waals surface area contributed by atoms with E-state index >= 15 is 0 Å². The lowest BCUT2D eigenvalue weighted by atomic mass is 10.2. The minimum atomic E-state index is -0.526. The van der Waals surface area contributed by atoms with E-state index in [2.05, 4.69) is 10.9 Å². The van der Waals surface area contributed by atoms with Crippen molar-refractivity contribution in [3.8, 4) is 12.3 Å². The van der Waals surface area contributed by atoms with Crippen molar-refractivity contribution in [1.82, 2.24) is 4.98 Å². The zero-order valence-corrected chi connectivity index (χ0v) is 8.44. The predicted molar refractivity (Wildman–Crippen MR) is 57.0 cm³/mol. The van der Waals surface area contributed by atoms with Crippen LogP contribution in [0.3, 0.4) is 0 Å². The Morgan fingerprint density at radius 3 is 2.79 bits per heavy atom. The molecule has 0 bridgehead atoms. The van der Waals surface area contributed by atoms with Crippen LogP contribution in [0.15, 0.2) is 18.3 Å². The van der Waals surface area contributed by atoms with Crippen LogP contribution in [-0.2, 0) is 0 Å². The Hall–Kier alpha value is -1.53. The number of aliphatic hydroxyl groups is 1. The minimum Gasteiger partial charge on any atom is -0.387 e. The lowest BCUT2D eigenvalue weighted by molar-refractivity contribution is 0.194. The van der Waals surface area contributed by atoms with Gasteiger partial charge in [0.15, 0.2) is 0 Å². The molecule has 0 saturated heterocycles. The molecule has 74 valence electrons. The van der Waals surface area contributed by atoms with E-state index in [1.54, 1.807) is 19.2 Å². The first-order valence-electron chi connectivity index (χ1n) is 4.43. The fraction of sp³-hybridized carbons (Fsp3) is 0.364. The van der Waals surface area contributed by atoms with Crippen LogP contribution in [0, 0.1) is 12.3 Å². The van der Waals surface area contributed by atoms with Gasteiger partial charge in [0.1, 0.15) is 0 Å². The number of aliphatic hydroxyl groups excluding tert-OH is 1. The highest BCUT2D eigenvalue weighted by Crippen LogP contribution is 2.14. The van der Waals surface area contributed by atoms with Gasteiger partial charge in [-0.05, 0) is 19.1 Å². The summed E-state index contributed by atoms with van der Waals surface area (Å²) in [4.78, 5) is 6.04. The van der Waals surface area contributed by atoms with Crippen LogP contribution in [0.25, 0.3) is 0 Å². The van der Waals surface area contributed by atoms with E-state index < -0.39 is 6.10 Å². The molecular weight excluding hydrogens is 176 g/mol. The lowest BCUT2D eigenvalue weighted by Crippen LogP contribution is -2.17. The van der Waals surface area contributed by atoms with Gasteiger partial charge in [-0.25, -0.2) is 0 Å². The number of rotatable bonds is 3. The van der Waals surface area contributed by atoms with Gasteiger partial charge in [-0.3, -0.25) is 4.98 Å². The smallest absolute Gasteiger partial charge is 0.0931 e. The summed E-state index contributed by atoms with van der Waals surface area (Å²) in [6, 6.07) is 3.69. The lowest BCUT2D eigenvalue weighted by Gasteiger charge is -2.15. The summed E-state index contributed by atoms with van der Waals surface area (Å²) in [6.07, 6.45) is 6.37. The zero-order valence-electron chi connectivity index (χ0n) is 8.44. The van der Waals surface area contributed by atoms with Gasteiger partial charge in [-0.2, -0.15) is 0 Å². The average molecular weight is 190 g/mol. The number of pyridine rings is 1. The van der Waals surface area contributed by atoms with E-state index in [1.165, 1.54) is 0 Å². The van der Waals surface area contributed by atoms with E-state index in [9.17, 15) is 5.11 Å². The summed E-state index contributed by atoms with van der Waals surface area (Å²) in [6.45, 7) is 2.24. The van der Waals surface area contributed by atoms with Crippen molar-refractivity contribution in [2.24, 2.45) is 0 Å². The third-order valence-corrected chi connectivity index (χ3v) is 1.97. The molecule has 0 aliphatic rings. The van der Waals surface area contributed by atoms with Gasteiger partial charge < -0.3 is 10.0 Å². The largest absolute Gasteiger partial charge is 0.387 e. The molecule has 1 heterocycles. The monoisotopic (exact) mass is 190 g/mol. The number of hydrogen-bond donors (Lipinski definition) is 1. The molecule has 1 rings (SSSR count). The minimum absolute atomic E-state index is 0.526. The van der Waals surface area contributed by atoms with Crippen molar-refractivity contribution < 1.29 is 5.11 Å². The van der Waals surface area contributed by atoms with Crippen LogP contribution in [-0.4, -0.2) is 23.7 Å². The Bertz CT molecular complexity index is 324. The average Bonchev–Trinajstić information content (AvgIpc) is 2.18. The van der Waals surface area contributed by atoms with E-state index in [0.29, 0.717) is 12.2 Å². The Morgan fingerprint density at radius 1 is 1.64 bits per heavy atom. The topological polar surface area (TPSA) is 36.4 Å². The molecule has 1 N–H and O–H groups in total.